The van der Waals surface area contributed by atoms with Crippen LogP contribution in [0.3, 0.4) is 0 Å². The maximum absolute atomic E-state index is 12.4. The first kappa shape index (κ1) is 15.5. The van der Waals surface area contributed by atoms with Gasteiger partial charge in [0.1, 0.15) is 0 Å². The zero-order valence-electron chi connectivity index (χ0n) is 12.5. The van der Waals surface area contributed by atoms with Crippen LogP contribution < -0.4 is 4.72 Å². The fourth-order valence-corrected chi connectivity index (χ4v) is 4.23. The zero-order valence-corrected chi connectivity index (χ0v) is 13.3. The summed E-state index contributed by atoms with van der Waals surface area (Å²) in [4.78, 5) is 2.78. The Morgan fingerprint density at radius 3 is 2.35 bits per heavy atom. The van der Waals surface area contributed by atoms with Crippen LogP contribution in [0.4, 0.5) is 0 Å². The van der Waals surface area contributed by atoms with E-state index in [1.54, 1.807) is 12.1 Å². The maximum atomic E-state index is 12.4. The van der Waals surface area contributed by atoms with Crippen LogP contribution in [0.25, 0.3) is 0 Å². The van der Waals surface area contributed by atoms with Crippen molar-refractivity contribution in [3.8, 4) is 0 Å². The molecule has 0 unspecified atom stereocenters. The average Bonchev–Trinajstić information content (AvgIpc) is 2.39. The minimum atomic E-state index is -3.40. The summed E-state index contributed by atoms with van der Waals surface area (Å²) in [6.07, 6.45) is 1.76. The molecule has 0 aromatic heterocycles. The number of sulfonamides is 1. The van der Waals surface area contributed by atoms with E-state index in [0.29, 0.717) is 10.9 Å². The summed E-state index contributed by atoms with van der Waals surface area (Å²) in [7, 11) is -3.40. The minimum Gasteiger partial charge on any atom is -0.301 e. The van der Waals surface area contributed by atoms with Crippen molar-refractivity contribution in [2.24, 2.45) is 0 Å². The average molecular weight is 296 g/mol. The van der Waals surface area contributed by atoms with Crippen molar-refractivity contribution in [1.82, 2.24) is 9.62 Å². The van der Waals surface area contributed by atoms with E-state index in [9.17, 15) is 8.42 Å². The Bertz CT molecular complexity index is 547. The van der Waals surface area contributed by atoms with Crippen molar-refractivity contribution in [2.45, 2.75) is 50.6 Å². The third-order valence-electron chi connectivity index (χ3n) is 3.96. The van der Waals surface area contributed by atoms with Crippen molar-refractivity contribution >= 4 is 10.0 Å². The van der Waals surface area contributed by atoms with E-state index in [2.05, 4.69) is 23.5 Å². The molecule has 2 rings (SSSR count). The van der Waals surface area contributed by atoms with Gasteiger partial charge in [-0.2, -0.15) is 0 Å². The molecule has 1 aromatic rings. The highest BCUT2D eigenvalue weighted by atomic mass is 32.2. The van der Waals surface area contributed by atoms with E-state index in [1.807, 2.05) is 19.1 Å². The summed E-state index contributed by atoms with van der Waals surface area (Å²) >= 11 is 0. The molecule has 1 saturated heterocycles. The second-order valence-corrected chi connectivity index (χ2v) is 7.47. The lowest BCUT2D eigenvalue weighted by atomic mass is 10.1. The number of hydrogen-bond donors (Lipinski definition) is 1. The largest absolute Gasteiger partial charge is 0.301 e. The monoisotopic (exact) mass is 296 g/mol. The van der Waals surface area contributed by atoms with E-state index in [-0.39, 0.29) is 6.04 Å². The summed E-state index contributed by atoms with van der Waals surface area (Å²) < 4.78 is 27.7. The number of nitrogens with zero attached hydrogens (tertiary/aromatic N) is 1. The standard InChI is InChI=1S/C15H24N2O2S/c1-12(2)17-10-8-14(9-11-17)16-20(18,19)15-7-5-4-6-13(15)3/h4-7,12,14,16H,8-11H2,1-3H3. The Morgan fingerprint density at radius 2 is 1.80 bits per heavy atom. The lowest BCUT2D eigenvalue weighted by Gasteiger charge is -2.34. The molecule has 0 spiro atoms. The van der Waals surface area contributed by atoms with Crippen LogP contribution in [0.2, 0.25) is 0 Å². The van der Waals surface area contributed by atoms with Gasteiger partial charge in [0.2, 0.25) is 10.0 Å². The van der Waals surface area contributed by atoms with Crippen molar-refractivity contribution in [1.29, 1.82) is 0 Å². The third kappa shape index (κ3) is 3.59. The molecule has 1 aliphatic rings. The minimum absolute atomic E-state index is 0.0506. The van der Waals surface area contributed by atoms with E-state index in [1.165, 1.54) is 0 Å². The Balaban J connectivity index is 2.02. The van der Waals surface area contributed by atoms with Gasteiger partial charge in [0, 0.05) is 12.1 Å². The molecule has 1 fully saturated rings. The van der Waals surface area contributed by atoms with Gasteiger partial charge in [0.05, 0.1) is 4.90 Å². The molecule has 5 heteroatoms. The molecule has 1 aromatic carbocycles. The van der Waals surface area contributed by atoms with Crippen LogP contribution in [0, 0.1) is 6.92 Å². The Morgan fingerprint density at radius 1 is 1.20 bits per heavy atom. The van der Waals surface area contributed by atoms with Gasteiger partial charge in [-0.25, -0.2) is 13.1 Å². The molecular weight excluding hydrogens is 272 g/mol. The van der Waals surface area contributed by atoms with Crippen LogP contribution in [-0.2, 0) is 10.0 Å². The molecule has 0 bridgehead atoms. The molecular formula is C15H24N2O2S. The topological polar surface area (TPSA) is 49.4 Å². The summed E-state index contributed by atoms with van der Waals surface area (Å²) in [5, 5.41) is 0. The molecule has 1 N–H and O–H groups in total. The molecule has 0 atom stereocenters. The molecule has 0 saturated carbocycles. The SMILES string of the molecule is Cc1ccccc1S(=O)(=O)NC1CCN(C(C)C)CC1. The molecule has 112 valence electrons. The first-order valence-electron chi connectivity index (χ1n) is 7.22. The van der Waals surface area contributed by atoms with Crippen molar-refractivity contribution < 1.29 is 8.42 Å². The van der Waals surface area contributed by atoms with Crippen LogP contribution in [0.5, 0.6) is 0 Å². The van der Waals surface area contributed by atoms with Gasteiger partial charge in [-0.1, -0.05) is 18.2 Å². The van der Waals surface area contributed by atoms with E-state index in [4.69, 9.17) is 0 Å². The highest BCUT2D eigenvalue weighted by Crippen LogP contribution is 2.18. The number of rotatable bonds is 4. The lowest BCUT2D eigenvalue weighted by molar-refractivity contribution is 0.168. The molecule has 0 aliphatic carbocycles. The normalized spacial score (nSPS) is 18.6. The lowest BCUT2D eigenvalue weighted by Crippen LogP contribution is -2.46. The number of aryl methyl sites for hydroxylation is 1. The zero-order chi connectivity index (χ0) is 14.8. The molecule has 20 heavy (non-hydrogen) atoms. The van der Waals surface area contributed by atoms with Crippen molar-refractivity contribution in [2.75, 3.05) is 13.1 Å². The van der Waals surface area contributed by atoms with Gasteiger partial charge in [-0.05, 0) is 58.3 Å². The molecule has 1 aliphatic heterocycles. The first-order chi connectivity index (χ1) is 9.40. The Kier molecular flexibility index (Phi) is 4.83. The van der Waals surface area contributed by atoms with E-state index >= 15 is 0 Å². The molecule has 4 nitrogen and oxygen atoms in total. The Labute approximate surface area is 122 Å². The smallest absolute Gasteiger partial charge is 0.241 e. The number of likely N-dealkylation sites (tertiary alicyclic amines) is 1. The highest BCUT2D eigenvalue weighted by Gasteiger charge is 2.26. The van der Waals surface area contributed by atoms with Crippen LogP contribution in [0.1, 0.15) is 32.3 Å². The predicted molar refractivity (Wildman–Crippen MR) is 81.2 cm³/mol. The van der Waals surface area contributed by atoms with Crippen LogP contribution in [0.15, 0.2) is 29.2 Å². The molecule has 1 heterocycles. The van der Waals surface area contributed by atoms with Gasteiger partial charge >= 0.3 is 0 Å². The van der Waals surface area contributed by atoms with Gasteiger partial charge in [-0.15, -0.1) is 0 Å². The van der Waals surface area contributed by atoms with Gasteiger partial charge in [0.15, 0.2) is 0 Å². The Hall–Kier alpha value is -0.910. The summed E-state index contributed by atoms with van der Waals surface area (Å²) in [6.45, 7) is 8.10. The summed E-state index contributed by atoms with van der Waals surface area (Å²) in [5.41, 5.74) is 0.791. The van der Waals surface area contributed by atoms with Crippen LogP contribution in [-0.4, -0.2) is 38.5 Å². The van der Waals surface area contributed by atoms with Gasteiger partial charge in [0.25, 0.3) is 0 Å². The summed E-state index contributed by atoms with van der Waals surface area (Å²) in [6, 6.07) is 7.70. The fraction of sp³-hybridized carbons (Fsp3) is 0.600. The third-order valence-corrected chi connectivity index (χ3v) is 5.65. The van der Waals surface area contributed by atoms with E-state index in [0.717, 1.165) is 31.5 Å². The maximum Gasteiger partial charge on any atom is 0.241 e. The van der Waals surface area contributed by atoms with Crippen molar-refractivity contribution in [3.63, 3.8) is 0 Å². The molecule has 0 radical (unpaired) electrons. The predicted octanol–water partition coefficient (Wildman–Crippen LogP) is 2.15. The fourth-order valence-electron chi connectivity index (χ4n) is 2.67. The van der Waals surface area contributed by atoms with Gasteiger partial charge < -0.3 is 4.90 Å². The quantitative estimate of drug-likeness (QED) is 0.926. The second kappa shape index (κ2) is 6.24. The van der Waals surface area contributed by atoms with Gasteiger partial charge in [-0.3, -0.25) is 0 Å². The number of hydrogen-bond acceptors (Lipinski definition) is 3. The first-order valence-corrected chi connectivity index (χ1v) is 8.70. The second-order valence-electron chi connectivity index (χ2n) is 5.79. The highest BCUT2D eigenvalue weighted by molar-refractivity contribution is 7.89. The van der Waals surface area contributed by atoms with E-state index < -0.39 is 10.0 Å². The number of piperidine rings is 1. The number of benzene rings is 1. The summed E-state index contributed by atoms with van der Waals surface area (Å²) in [5.74, 6) is 0. The molecule has 0 amide bonds. The van der Waals surface area contributed by atoms with Crippen molar-refractivity contribution in [3.05, 3.63) is 29.8 Å². The van der Waals surface area contributed by atoms with Crippen LogP contribution >= 0.6 is 0 Å². The number of nitrogens with one attached hydrogen (secondary N) is 1.